The summed E-state index contributed by atoms with van der Waals surface area (Å²) in [6, 6.07) is 8.82. The molecule has 184 valence electrons. The van der Waals surface area contributed by atoms with Gasteiger partial charge in [0, 0.05) is 45.5 Å². The van der Waals surface area contributed by atoms with Gasteiger partial charge in [-0.25, -0.2) is 13.4 Å². The Labute approximate surface area is 200 Å². The number of carbonyl (C=O) groups is 1. The fourth-order valence-electron chi connectivity index (χ4n) is 4.11. The minimum atomic E-state index is -3.57. The van der Waals surface area contributed by atoms with Gasteiger partial charge < -0.3 is 24.0 Å². The van der Waals surface area contributed by atoms with Crippen molar-refractivity contribution in [1.82, 2.24) is 14.2 Å². The summed E-state index contributed by atoms with van der Waals surface area (Å²) < 4.78 is 42.8. The van der Waals surface area contributed by atoms with Crippen LogP contribution < -0.4 is 14.4 Å². The Balaban J connectivity index is 1.33. The van der Waals surface area contributed by atoms with Crippen molar-refractivity contribution < 1.29 is 27.4 Å². The Morgan fingerprint density at radius 2 is 1.68 bits per heavy atom. The summed E-state index contributed by atoms with van der Waals surface area (Å²) in [5.41, 5.74) is 0.865. The van der Waals surface area contributed by atoms with Crippen molar-refractivity contribution in [3.8, 4) is 11.5 Å². The topological polar surface area (TPSA) is 102 Å². The zero-order valence-electron chi connectivity index (χ0n) is 19.5. The number of morpholine rings is 1. The summed E-state index contributed by atoms with van der Waals surface area (Å²) in [5, 5.41) is 0. The van der Waals surface area contributed by atoms with Crippen LogP contribution in [0.4, 0.5) is 5.82 Å². The van der Waals surface area contributed by atoms with Crippen LogP contribution in [0.15, 0.2) is 41.4 Å². The first kappa shape index (κ1) is 24.2. The highest BCUT2D eigenvalue weighted by Crippen LogP contribution is 2.28. The van der Waals surface area contributed by atoms with E-state index in [1.165, 1.54) is 10.5 Å². The Bertz CT molecular complexity index is 1090. The molecule has 2 saturated heterocycles. The molecule has 10 nitrogen and oxygen atoms in total. The van der Waals surface area contributed by atoms with Crippen LogP contribution >= 0.6 is 0 Å². The molecular weight excluding hydrogens is 460 g/mol. The maximum Gasteiger partial charge on any atom is 0.244 e. The van der Waals surface area contributed by atoms with E-state index in [1.54, 1.807) is 32.4 Å². The predicted molar refractivity (Wildman–Crippen MR) is 126 cm³/mol. The van der Waals surface area contributed by atoms with Gasteiger partial charge in [0.15, 0.2) is 11.5 Å². The van der Waals surface area contributed by atoms with E-state index in [-0.39, 0.29) is 17.2 Å². The minimum Gasteiger partial charge on any atom is -0.493 e. The van der Waals surface area contributed by atoms with Crippen LogP contribution in [0.5, 0.6) is 11.5 Å². The lowest BCUT2D eigenvalue weighted by molar-refractivity contribution is -0.130. The number of aromatic nitrogens is 1. The van der Waals surface area contributed by atoms with Crippen molar-refractivity contribution in [2.24, 2.45) is 0 Å². The molecule has 11 heteroatoms. The number of carbonyl (C=O) groups excluding carboxylic acids is 1. The number of pyridine rings is 1. The standard InChI is InChI=1S/C23H30N4O6S/c1-31-20-5-3-18(15-21(20)32-2)16-23(28)26-9-7-25(8-10-26)22-6-4-19(17-24-22)34(29,30)27-11-13-33-14-12-27/h3-6,15,17H,7-14,16H2,1-2H3. The molecule has 0 spiro atoms. The summed E-state index contributed by atoms with van der Waals surface area (Å²) in [4.78, 5) is 21.3. The molecule has 0 radical (unpaired) electrons. The van der Waals surface area contributed by atoms with Gasteiger partial charge in [-0.2, -0.15) is 4.31 Å². The number of benzene rings is 1. The molecule has 2 aliphatic rings. The van der Waals surface area contributed by atoms with Crippen molar-refractivity contribution in [1.29, 1.82) is 0 Å². The first-order valence-corrected chi connectivity index (χ1v) is 12.6. The van der Waals surface area contributed by atoms with Crippen LogP contribution in [0.1, 0.15) is 5.56 Å². The summed E-state index contributed by atoms with van der Waals surface area (Å²) >= 11 is 0. The average molecular weight is 491 g/mol. The van der Waals surface area contributed by atoms with Crippen LogP contribution in [-0.2, 0) is 26.0 Å². The second-order valence-electron chi connectivity index (χ2n) is 8.10. The molecule has 2 aliphatic heterocycles. The van der Waals surface area contributed by atoms with Gasteiger partial charge in [0.1, 0.15) is 10.7 Å². The molecule has 1 aromatic carbocycles. The highest BCUT2D eigenvalue weighted by atomic mass is 32.2. The second kappa shape index (κ2) is 10.6. The Kier molecular flexibility index (Phi) is 7.54. The van der Waals surface area contributed by atoms with Crippen molar-refractivity contribution in [2.45, 2.75) is 11.3 Å². The molecular formula is C23H30N4O6S. The molecule has 0 N–H and O–H groups in total. The monoisotopic (exact) mass is 490 g/mol. The van der Waals surface area contributed by atoms with E-state index in [2.05, 4.69) is 9.88 Å². The fraction of sp³-hybridized carbons (Fsp3) is 0.478. The first-order valence-electron chi connectivity index (χ1n) is 11.2. The van der Waals surface area contributed by atoms with Gasteiger partial charge in [0.05, 0.1) is 33.9 Å². The lowest BCUT2D eigenvalue weighted by Gasteiger charge is -2.35. The van der Waals surface area contributed by atoms with Crippen molar-refractivity contribution in [3.63, 3.8) is 0 Å². The zero-order chi connectivity index (χ0) is 24.1. The number of methoxy groups -OCH3 is 2. The molecule has 4 rings (SSSR count). The maximum atomic E-state index is 12.8. The summed E-state index contributed by atoms with van der Waals surface area (Å²) in [7, 11) is -0.419. The smallest absolute Gasteiger partial charge is 0.244 e. The van der Waals surface area contributed by atoms with E-state index in [4.69, 9.17) is 14.2 Å². The number of piperazine rings is 1. The summed E-state index contributed by atoms with van der Waals surface area (Å²) in [6.45, 7) is 3.90. The van der Waals surface area contributed by atoms with Gasteiger partial charge in [-0.15, -0.1) is 0 Å². The number of hydrogen-bond donors (Lipinski definition) is 0. The van der Waals surface area contributed by atoms with Crippen LogP contribution in [0.3, 0.4) is 0 Å². The van der Waals surface area contributed by atoms with E-state index in [0.29, 0.717) is 69.8 Å². The van der Waals surface area contributed by atoms with Crippen LogP contribution in [0, 0.1) is 0 Å². The highest BCUT2D eigenvalue weighted by Gasteiger charge is 2.27. The molecule has 2 aromatic rings. The largest absolute Gasteiger partial charge is 0.493 e. The Morgan fingerprint density at radius 1 is 0.971 bits per heavy atom. The summed E-state index contributed by atoms with van der Waals surface area (Å²) in [6.07, 6.45) is 1.70. The molecule has 0 saturated carbocycles. The van der Waals surface area contributed by atoms with E-state index in [0.717, 1.165) is 5.56 Å². The number of hydrogen-bond acceptors (Lipinski definition) is 8. The third-order valence-electron chi connectivity index (χ3n) is 6.09. The normalized spacial score (nSPS) is 17.5. The van der Waals surface area contributed by atoms with Gasteiger partial charge in [-0.3, -0.25) is 4.79 Å². The van der Waals surface area contributed by atoms with Crippen LogP contribution in [0.25, 0.3) is 0 Å². The molecule has 0 atom stereocenters. The third-order valence-corrected chi connectivity index (χ3v) is 7.97. The molecule has 0 bridgehead atoms. The van der Waals surface area contributed by atoms with Crippen molar-refractivity contribution >= 4 is 21.7 Å². The van der Waals surface area contributed by atoms with Crippen molar-refractivity contribution in [2.75, 3.05) is 71.6 Å². The third kappa shape index (κ3) is 5.26. The van der Waals surface area contributed by atoms with Gasteiger partial charge in [-0.1, -0.05) is 6.07 Å². The molecule has 1 amide bonds. The SMILES string of the molecule is COc1ccc(CC(=O)N2CCN(c3ccc(S(=O)(=O)N4CCOCC4)cn3)CC2)cc1OC. The second-order valence-corrected chi connectivity index (χ2v) is 10.0. The van der Waals surface area contributed by atoms with Crippen LogP contribution in [-0.4, -0.2) is 95.2 Å². The van der Waals surface area contributed by atoms with E-state index in [9.17, 15) is 13.2 Å². The lowest BCUT2D eigenvalue weighted by atomic mass is 10.1. The number of rotatable bonds is 7. The fourth-order valence-corrected chi connectivity index (χ4v) is 5.46. The lowest BCUT2D eigenvalue weighted by Crippen LogP contribution is -2.49. The number of sulfonamides is 1. The maximum absolute atomic E-state index is 12.8. The molecule has 34 heavy (non-hydrogen) atoms. The average Bonchev–Trinajstić information content (AvgIpc) is 2.89. The van der Waals surface area contributed by atoms with E-state index < -0.39 is 10.0 Å². The molecule has 0 unspecified atom stereocenters. The number of ether oxygens (including phenoxy) is 3. The molecule has 1 aromatic heterocycles. The summed E-state index contributed by atoms with van der Waals surface area (Å²) in [5.74, 6) is 1.98. The predicted octanol–water partition coefficient (Wildman–Crippen LogP) is 1.01. The molecule has 0 aliphatic carbocycles. The van der Waals surface area contributed by atoms with Gasteiger partial charge in [0.25, 0.3) is 0 Å². The Morgan fingerprint density at radius 3 is 2.29 bits per heavy atom. The highest BCUT2D eigenvalue weighted by molar-refractivity contribution is 7.89. The quantitative estimate of drug-likeness (QED) is 0.567. The number of anilines is 1. The van der Waals surface area contributed by atoms with Gasteiger partial charge in [0.2, 0.25) is 15.9 Å². The van der Waals surface area contributed by atoms with E-state index in [1.807, 2.05) is 17.0 Å². The Hall–Kier alpha value is -2.89. The zero-order valence-corrected chi connectivity index (χ0v) is 20.3. The van der Waals surface area contributed by atoms with Crippen LogP contribution in [0.2, 0.25) is 0 Å². The minimum absolute atomic E-state index is 0.0479. The van der Waals surface area contributed by atoms with E-state index >= 15 is 0 Å². The van der Waals surface area contributed by atoms with Gasteiger partial charge in [-0.05, 0) is 29.8 Å². The van der Waals surface area contributed by atoms with Crippen molar-refractivity contribution in [3.05, 3.63) is 42.1 Å². The number of nitrogens with zero attached hydrogens (tertiary/aromatic N) is 4. The molecule has 2 fully saturated rings. The van der Waals surface area contributed by atoms with Gasteiger partial charge >= 0.3 is 0 Å². The number of amides is 1. The first-order chi connectivity index (χ1) is 16.4. The molecule has 3 heterocycles.